The molecule has 16 heavy (non-hydrogen) atoms. The molecule has 1 N–H and O–H groups in total. The smallest absolute Gasteiger partial charge is 0.320 e. The normalized spacial score (nSPS) is 21.2. The van der Waals surface area contributed by atoms with Crippen molar-refractivity contribution in [2.24, 2.45) is 0 Å². The first kappa shape index (κ1) is 11.1. The lowest BCUT2D eigenvalue weighted by molar-refractivity contribution is -0.142. The highest BCUT2D eigenvalue weighted by atomic mass is 16.4. The summed E-state index contributed by atoms with van der Waals surface area (Å²) in [6, 6.07) is 3.65. The Morgan fingerprint density at radius 2 is 2.44 bits per heavy atom. The van der Waals surface area contributed by atoms with Gasteiger partial charge in [-0.15, -0.1) is 0 Å². The second-order valence-electron chi connectivity index (χ2n) is 4.27. The van der Waals surface area contributed by atoms with E-state index in [-0.39, 0.29) is 6.04 Å². The summed E-state index contributed by atoms with van der Waals surface area (Å²) in [6.07, 6.45) is 3.55. The Hall–Kier alpha value is -1.42. The average molecular weight is 220 g/mol. The highest BCUT2D eigenvalue weighted by Crippen LogP contribution is 2.19. The molecule has 1 aromatic rings. The number of nitrogens with zero attached hydrogens (tertiary/aromatic N) is 2. The number of carboxylic acid groups (broad SMARTS) is 1. The molecule has 0 aliphatic carbocycles. The molecule has 0 bridgehead atoms. The molecular formula is C12H16N2O2. The van der Waals surface area contributed by atoms with Crippen LogP contribution in [0.5, 0.6) is 0 Å². The first-order valence-electron chi connectivity index (χ1n) is 5.55. The molecule has 0 aromatic carbocycles. The summed E-state index contributed by atoms with van der Waals surface area (Å²) in [7, 11) is 0. The molecule has 1 aromatic heterocycles. The van der Waals surface area contributed by atoms with Crippen molar-refractivity contribution in [3.8, 4) is 0 Å². The first-order chi connectivity index (χ1) is 7.66. The van der Waals surface area contributed by atoms with Crippen molar-refractivity contribution in [1.29, 1.82) is 0 Å². The van der Waals surface area contributed by atoms with Gasteiger partial charge in [-0.1, -0.05) is 6.07 Å². The Morgan fingerprint density at radius 1 is 1.62 bits per heavy atom. The molecule has 4 nitrogen and oxygen atoms in total. The average Bonchev–Trinajstić information content (AvgIpc) is 2.69. The van der Waals surface area contributed by atoms with E-state index in [1.54, 1.807) is 0 Å². The van der Waals surface area contributed by atoms with Gasteiger partial charge in [-0.3, -0.25) is 14.7 Å². The quantitative estimate of drug-likeness (QED) is 0.837. The molecule has 1 aliphatic heterocycles. The molecular weight excluding hydrogens is 204 g/mol. The van der Waals surface area contributed by atoms with E-state index >= 15 is 0 Å². The molecule has 1 fully saturated rings. The number of rotatable bonds is 3. The number of aromatic nitrogens is 1. The highest BCUT2D eigenvalue weighted by molar-refractivity contribution is 5.73. The van der Waals surface area contributed by atoms with Gasteiger partial charge in [-0.25, -0.2) is 0 Å². The van der Waals surface area contributed by atoms with Crippen molar-refractivity contribution in [3.05, 3.63) is 29.6 Å². The van der Waals surface area contributed by atoms with Crippen LogP contribution < -0.4 is 0 Å². The molecule has 2 heterocycles. The van der Waals surface area contributed by atoms with E-state index in [0.717, 1.165) is 30.6 Å². The summed E-state index contributed by atoms with van der Waals surface area (Å²) in [4.78, 5) is 17.2. The zero-order valence-electron chi connectivity index (χ0n) is 9.39. The van der Waals surface area contributed by atoms with E-state index in [1.165, 1.54) is 0 Å². The van der Waals surface area contributed by atoms with Crippen LogP contribution in [0.3, 0.4) is 0 Å². The summed E-state index contributed by atoms with van der Waals surface area (Å²) in [5.41, 5.74) is 2.07. The monoisotopic (exact) mass is 220 g/mol. The Kier molecular flexibility index (Phi) is 3.19. The summed E-state index contributed by atoms with van der Waals surface area (Å²) in [6.45, 7) is 3.49. The third kappa shape index (κ3) is 2.39. The molecule has 1 saturated heterocycles. The lowest BCUT2D eigenvalue weighted by Gasteiger charge is -2.20. The van der Waals surface area contributed by atoms with E-state index in [9.17, 15) is 4.79 Å². The number of pyridine rings is 1. The SMILES string of the molecule is Cc1ccc(CN2CCCC2C(=O)O)cn1. The largest absolute Gasteiger partial charge is 0.480 e. The van der Waals surface area contributed by atoms with Gasteiger partial charge in [0.05, 0.1) is 0 Å². The van der Waals surface area contributed by atoms with E-state index < -0.39 is 5.97 Å². The van der Waals surface area contributed by atoms with Crippen LogP contribution in [0.1, 0.15) is 24.1 Å². The van der Waals surface area contributed by atoms with Gasteiger partial charge in [-0.2, -0.15) is 0 Å². The molecule has 0 spiro atoms. The maximum atomic E-state index is 11.0. The van der Waals surface area contributed by atoms with Crippen LogP contribution in [0.2, 0.25) is 0 Å². The van der Waals surface area contributed by atoms with Crippen LogP contribution in [0.25, 0.3) is 0 Å². The van der Waals surface area contributed by atoms with Crippen LogP contribution in [0.15, 0.2) is 18.3 Å². The fourth-order valence-corrected chi connectivity index (χ4v) is 2.12. The third-order valence-corrected chi connectivity index (χ3v) is 3.01. The molecule has 1 atom stereocenters. The minimum atomic E-state index is -0.711. The third-order valence-electron chi connectivity index (χ3n) is 3.01. The highest BCUT2D eigenvalue weighted by Gasteiger charge is 2.30. The number of likely N-dealkylation sites (tertiary alicyclic amines) is 1. The minimum Gasteiger partial charge on any atom is -0.480 e. The van der Waals surface area contributed by atoms with Crippen molar-refractivity contribution in [3.63, 3.8) is 0 Å². The van der Waals surface area contributed by atoms with Crippen LogP contribution >= 0.6 is 0 Å². The van der Waals surface area contributed by atoms with Crippen molar-refractivity contribution in [2.45, 2.75) is 32.4 Å². The lowest BCUT2D eigenvalue weighted by atomic mass is 10.2. The zero-order valence-corrected chi connectivity index (χ0v) is 9.39. The molecule has 0 radical (unpaired) electrons. The van der Waals surface area contributed by atoms with Crippen LogP contribution in [0.4, 0.5) is 0 Å². The van der Waals surface area contributed by atoms with Gasteiger partial charge >= 0.3 is 5.97 Å². The van der Waals surface area contributed by atoms with Crippen molar-refractivity contribution < 1.29 is 9.90 Å². The van der Waals surface area contributed by atoms with Gasteiger partial charge in [0, 0.05) is 18.4 Å². The van der Waals surface area contributed by atoms with Gasteiger partial charge in [-0.05, 0) is 37.9 Å². The molecule has 2 rings (SSSR count). The number of aliphatic carboxylic acids is 1. The number of carboxylic acids is 1. The topological polar surface area (TPSA) is 53.4 Å². The first-order valence-corrected chi connectivity index (χ1v) is 5.55. The molecule has 1 aliphatic rings. The number of aryl methyl sites for hydroxylation is 1. The Balaban J connectivity index is 2.03. The predicted octanol–water partition coefficient (Wildman–Crippen LogP) is 1.44. The number of carbonyl (C=O) groups is 1. The summed E-state index contributed by atoms with van der Waals surface area (Å²) >= 11 is 0. The second-order valence-corrected chi connectivity index (χ2v) is 4.27. The molecule has 0 amide bonds. The lowest BCUT2D eigenvalue weighted by Crippen LogP contribution is -2.35. The maximum Gasteiger partial charge on any atom is 0.320 e. The fourth-order valence-electron chi connectivity index (χ4n) is 2.12. The Bertz CT molecular complexity index is 375. The predicted molar refractivity (Wildman–Crippen MR) is 60.0 cm³/mol. The van der Waals surface area contributed by atoms with Gasteiger partial charge < -0.3 is 5.11 Å². The number of hydrogen-bond donors (Lipinski definition) is 1. The summed E-state index contributed by atoms with van der Waals surface area (Å²) < 4.78 is 0. The molecule has 4 heteroatoms. The number of hydrogen-bond acceptors (Lipinski definition) is 3. The van der Waals surface area contributed by atoms with Gasteiger partial charge in [0.25, 0.3) is 0 Å². The van der Waals surface area contributed by atoms with Crippen LogP contribution in [-0.2, 0) is 11.3 Å². The van der Waals surface area contributed by atoms with Crippen molar-refractivity contribution >= 4 is 5.97 Å². The Morgan fingerprint density at radius 3 is 3.06 bits per heavy atom. The van der Waals surface area contributed by atoms with E-state index in [2.05, 4.69) is 4.98 Å². The molecule has 0 saturated carbocycles. The minimum absolute atomic E-state index is 0.318. The van der Waals surface area contributed by atoms with Crippen LogP contribution in [-0.4, -0.2) is 33.5 Å². The summed E-state index contributed by atoms with van der Waals surface area (Å²) in [5, 5.41) is 9.05. The summed E-state index contributed by atoms with van der Waals surface area (Å²) in [5.74, 6) is -0.711. The maximum absolute atomic E-state index is 11.0. The van der Waals surface area contributed by atoms with E-state index in [0.29, 0.717) is 6.54 Å². The molecule has 86 valence electrons. The zero-order chi connectivity index (χ0) is 11.5. The van der Waals surface area contributed by atoms with Gasteiger partial charge in [0.1, 0.15) is 6.04 Å². The van der Waals surface area contributed by atoms with Gasteiger partial charge in [0.2, 0.25) is 0 Å². The van der Waals surface area contributed by atoms with E-state index in [4.69, 9.17) is 5.11 Å². The Labute approximate surface area is 94.9 Å². The van der Waals surface area contributed by atoms with Gasteiger partial charge in [0.15, 0.2) is 0 Å². The standard InChI is InChI=1S/C12H16N2O2/c1-9-4-5-10(7-13-9)8-14-6-2-3-11(14)12(15)16/h4-5,7,11H,2-3,6,8H2,1H3,(H,15,16). The van der Waals surface area contributed by atoms with Crippen LogP contribution in [0, 0.1) is 6.92 Å². The van der Waals surface area contributed by atoms with E-state index in [1.807, 2.05) is 30.2 Å². The second kappa shape index (κ2) is 4.61. The fraction of sp³-hybridized carbons (Fsp3) is 0.500. The van der Waals surface area contributed by atoms with Crippen molar-refractivity contribution in [2.75, 3.05) is 6.54 Å². The van der Waals surface area contributed by atoms with Crippen molar-refractivity contribution in [1.82, 2.24) is 9.88 Å². The molecule has 1 unspecified atom stereocenters.